The van der Waals surface area contributed by atoms with Crippen molar-refractivity contribution in [3.8, 4) is 0 Å². The van der Waals surface area contributed by atoms with Gasteiger partial charge in [-0.3, -0.25) is 9.59 Å². The monoisotopic (exact) mass is 290 g/mol. The first-order valence-corrected chi connectivity index (χ1v) is 7.30. The summed E-state index contributed by atoms with van der Waals surface area (Å²) in [6.07, 6.45) is 2.22. The first-order chi connectivity index (χ1) is 9.61. The Hall–Kier alpha value is -2.02. The smallest absolute Gasteiger partial charge is 0.270 e. The average molecular weight is 290 g/mol. The molecule has 0 spiro atoms. The lowest BCUT2D eigenvalue weighted by Crippen LogP contribution is -2.39. The zero-order valence-corrected chi connectivity index (χ0v) is 11.8. The molecule has 0 aliphatic heterocycles. The highest BCUT2D eigenvalue weighted by molar-refractivity contribution is 7.09. The lowest BCUT2D eigenvalue weighted by molar-refractivity contribution is 0.0929. The SMILES string of the molecule is Cc1nc(C(=O)NC2CCc3n[nH]c(=O)cc3C2)cs1. The van der Waals surface area contributed by atoms with Gasteiger partial charge in [0.1, 0.15) is 5.69 Å². The van der Waals surface area contributed by atoms with Gasteiger partial charge in [0.2, 0.25) is 0 Å². The van der Waals surface area contributed by atoms with Crippen molar-refractivity contribution in [2.45, 2.75) is 32.2 Å². The molecule has 2 aromatic rings. The van der Waals surface area contributed by atoms with Crippen molar-refractivity contribution < 1.29 is 4.79 Å². The maximum absolute atomic E-state index is 12.1. The molecule has 1 aliphatic carbocycles. The molecule has 20 heavy (non-hydrogen) atoms. The zero-order valence-electron chi connectivity index (χ0n) is 11.0. The number of aromatic amines is 1. The number of aryl methyl sites for hydroxylation is 2. The summed E-state index contributed by atoms with van der Waals surface area (Å²) in [5.74, 6) is -0.152. The number of carbonyl (C=O) groups excluding carboxylic acids is 1. The molecule has 1 unspecified atom stereocenters. The van der Waals surface area contributed by atoms with E-state index in [-0.39, 0.29) is 17.5 Å². The molecule has 1 amide bonds. The fourth-order valence-corrected chi connectivity index (χ4v) is 2.98. The van der Waals surface area contributed by atoms with E-state index in [0.717, 1.165) is 29.1 Å². The highest BCUT2D eigenvalue weighted by Crippen LogP contribution is 2.18. The molecule has 104 valence electrons. The van der Waals surface area contributed by atoms with Gasteiger partial charge in [-0.25, -0.2) is 10.1 Å². The highest BCUT2D eigenvalue weighted by atomic mass is 32.1. The molecule has 3 rings (SSSR count). The minimum absolute atomic E-state index is 0.0283. The van der Waals surface area contributed by atoms with Crippen LogP contribution in [-0.2, 0) is 12.8 Å². The predicted octanol–water partition coefficient (Wildman–Crippen LogP) is 0.822. The van der Waals surface area contributed by atoms with Crippen LogP contribution in [0.15, 0.2) is 16.2 Å². The molecule has 7 heteroatoms. The maximum atomic E-state index is 12.1. The van der Waals surface area contributed by atoms with E-state index in [1.165, 1.54) is 11.3 Å². The van der Waals surface area contributed by atoms with Gasteiger partial charge in [-0.15, -0.1) is 11.3 Å². The van der Waals surface area contributed by atoms with E-state index in [0.29, 0.717) is 12.1 Å². The summed E-state index contributed by atoms with van der Waals surface area (Å²) in [6, 6.07) is 1.59. The number of hydrogen-bond donors (Lipinski definition) is 2. The molecule has 1 aliphatic rings. The second-order valence-corrected chi connectivity index (χ2v) is 5.93. The number of nitrogens with one attached hydrogen (secondary N) is 2. The van der Waals surface area contributed by atoms with E-state index >= 15 is 0 Å². The van der Waals surface area contributed by atoms with Crippen LogP contribution in [0.3, 0.4) is 0 Å². The third-order valence-electron chi connectivity index (χ3n) is 3.36. The molecule has 2 N–H and O–H groups in total. The van der Waals surface area contributed by atoms with Crippen molar-refractivity contribution >= 4 is 17.2 Å². The van der Waals surface area contributed by atoms with Gasteiger partial charge < -0.3 is 5.32 Å². The van der Waals surface area contributed by atoms with Gasteiger partial charge in [0.15, 0.2) is 0 Å². The van der Waals surface area contributed by atoms with Crippen LogP contribution in [0.4, 0.5) is 0 Å². The van der Waals surface area contributed by atoms with E-state index in [4.69, 9.17) is 0 Å². The van der Waals surface area contributed by atoms with Crippen LogP contribution < -0.4 is 10.9 Å². The molecule has 0 saturated heterocycles. The van der Waals surface area contributed by atoms with Gasteiger partial charge in [-0.05, 0) is 31.7 Å². The largest absolute Gasteiger partial charge is 0.348 e. The summed E-state index contributed by atoms with van der Waals surface area (Å²) >= 11 is 1.46. The predicted molar refractivity (Wildman–Crippen MR) is 75.0 cm³/mol. The quantitative estimate of drug-likeness (QED) is 0.857. The number of rotatable bonds is 2. The number of thiazole rings is 1. The Morgan fingerprint density at radius 3 is 3.15 bits per heavy atom. The number of amides is 1. The average Bonchev–Trinajstić information content (AvgIpc) is 2.85. The summed E-state index contributed by atoms with van der Waals surface area (Å²) in [5, 5.41) is 12.1. The molecule has 0 aromatic carbocycles. The van der Waals surface area contributed by atoms with Gasteiger partial charge in [-0.1, -0.05) is 0 Å². The lowest BCUT2D eigenvalue weighted by Gasteiger charge is -2.23. The molecule has 2 heterocycles. The minimum atomic E-state index is -0.203. The molecule has 0 fully saturated rings. The van der Waals surface area contributed by atoms with E-state index < -0.39 is 0 Å². The van der Waals surface area contributed by atoms with Crippen molar-refractivity contribution in [1.82, 2.24) is 20.5 Å². The summed E-state index contributed by atoms with van der Waals surface area (Å²) in [6.45, 7) is 1.87. The first-order valence-electron chi connectivity index (χ1n) is 6.42. The number of aromatic nitrogens is 3. The van der Waals surface area contributed by atoms with Crippen molar-refractivity contribution in [2.75, 3.05) is 0 Å². The van der Waals surface area contributed by atoms with Crippen LogP contribution in [-0.4, -0.2) is 27.1 Å². The number of hydrogen-bond acceptors (Lipinski definition) is 5. The maximum Gasteiger partial charge on any atom is 0.270 e. The van der Waals surface area contributed by atoms with Gasteiger partial charge in [0, 0.05) is 17.5 Å². The van der Waals surface area contributed by atoms with Crippen molar-refractivity contribution in [3.05, 3.63) is 43.8 Å². The normalized spacial score (nSPS) is 17.6. The Labute approximate surface area is 119 Å². The molecular weight excluding hydrogens is 276 g/mol. The summed E-state index contributed by atoms with van der Waals surface area (Å²) < 4.78 is 0. The fraction of sp³-hybridized carbons (Fsp3) is 0.385. The van der Waals surface area contributed by atoms with Crippen LogP contribution in [0.25, 0.3) is 0 Å². The second-order valence-electron chi connectivity index (χ2n) is 4.87. The van der Waals surface area contributed by atoms with Crippen LogP contribution in [0, 0.1) is 6.92 Å². The molecule has 0 saturated carbocycles. The third-order valence-corrected chi connectivity index (χ3v) is 4.13. The zero-order chi connectivity index (χ0) is 14.1. The summed E-state index contributed by atoms with van der Waals surface area (Å²) in [7, 11) is 0. The third kappa shape index (κ3) is 2.62. The van der Waals surface area contributed by atoms with Gasteiger partial charge in [-0.2, -0.15) is 5.10 Å². The van der Waals surface area contributed by atoms with E-state index in [9.17, 15) is 9.59 Å². The summed E-state index contributed by atoms with van der Waals surface area (Å²) in [5.41, 5.74) is 2.09. The Bertz CT molecular complexity index is 706. The molecule has 6 nitrogen and oxygen atoms in total. The molecule has 2 aromatic heterocycles. The van der Waals surface area contributed by atoms with Crippen molar-refractivity contribution in [2.24, 2.45) is 0 Å². The van der Waals surface area contributed by atoms with Crippen LogP contribution in [0.1, 0.15) is 33.2 Å². The van der Waals surface area contributed by atoms with Gasteiger partial charge >= 0.3 is 0 Å². The van der Waals surface area contributed by atoms with Crippen molar-refractivity contribution in [1.29, 1.82) is 0 Å². The molecule has 1 atom stereocenters. The van der Waals surface area contributed by atoms with Gasteiger partial charge in [0.05, 0.1) is 10.7 Å². The van der Waals surface area contributed by atoms with Gasteiger partial charge in [0.25, 0.3) is 11.5 Å². The number of nitrogens with zero attached hydrogens (tertiary/aromatic N) is 2. The Morgan fingerprint density at radius 1 is 1.55 bits per heavy atom. The fourth-order valence-electron chi connectivity index (χ4n) is 2.39. The topological polar surface area (TPSA) is 87.7 Å². The first kappa shape index (κ1) is 13.0. The number of carbonyl (C=O) groups is 1. The number of fused-ring (bicyclic) bond motifs is 1. The Morgan fingerprint density at radius 2 is 2.40 bits per heavy atom. The van der Waals surface area contributed by atoms with E-state index in [1.807, 2.05) is 6.92 Å². The van der Waals surface area contributed by atoms with Crippen LogP contribution in [0.5, 0.6) is 0 Å². The van der Waals surface area contributed by atoms with E-state index in [1.54, 1.807) is 11.4 Å². The molecular formula is C13H14N4O2S. The Balaban J connectivity index is 1.71. The van der Waals surface area contributed by atoms with Crippen molar-refractivity contribution in [3.63, 3.8) is 0 Å². The van der Waals surface area contributed by atoms with Crippen LogP contribution >= 0.6 is 11.3 Å². The minimum Gasteiger partial charge on any atom is -0.348 e. The summed E-state index contributed by atoms with van der Waals surface area (Å²) in [4.78, 5) is 27.5. The van der Waals surface area contributed by atoms with E-state index in [2.05, 4.69) is 20.5 Å². The second kappa shape index (κ2) is 5.16. The highest BCUT2D eigenvalue weighted by Gasteiger charge is 2.22. The Kier molecular flexibility index (Phi) is 3.35. The lowest BCUT2D eigenvalue weighted by atomic mass is 9.92. The molecule has 0 radical (unpaired) electrons. The number of H-pyrrole nitrogens is 1. The standard InChI is InChI=1S/C13H14N4O2S/c1-7-14-11(6-20-7)13(19)15-9-2-3-10-8(4-9)5-12(18)17-16-10/h5-6,9H,2-4H2,1H3,(H,15,19)(H,17,18). The molecule has 0 bridgehead atoms. The van der Waals surface area contributed by atoms with Crippen LogP contribution in [0.2, 0.25) is 0 Å².